The molecule has 3 aliphatic heterocycles. The normalized spacial score (nSPS) is 43.0. The van der Waals surface area contributed by atoms with Gasteiger partial charge in [0.1, 0.15) is 0 Å². The quantitative estimate of drug-likeness (QED) is 0.536. The van der Waals surface area contributed by atoms with Gasteiger partial charge in [-0.05, 0) is 59.4 Å². The molecule has 3 fully saturated rings. The van der Waals surface area contributed by atoms with Gasteiger partial charge in [0.05, 0.1) is 0 Å². The van der Waals surface area contributed by atoms with Gasteiger partial charge in [-0.2, -0.15) is 0 Å². The molecule has 3 aliphatic rings. The van der Waals surface area contributed by atoms with E-state index in [-0.39, 0.29) is 0 Å². The van der Waals surface area contributed by atoms with Crippen molar-refractivity contribution in [2.45, 2.75) is 58.0 Å². The highest BCUT2D eigenvalue weighted by Gasteiger charge is 2.48. The number of hydrogen-bond donors (Lipinski definition) is 0. The zero-order chi connectivity index (χ0) is 8.98. The maximum Gasteiger partial charge on any atom is 0.0161 e. The van der Waals surface area contributed by atoms with Crippen molar-refractivity contribution >= 4 is 0 Å². The number of piperidine rings is 3. The molecule has 0 saturated carbocycles. The van der Waals surface area contributed by atoms with Crippen molar-refractivity contribution in [2.75, 3.05) is 6.54 Å². The van der Waals surface area contributed by atoms with Gasteiger partial charge in [-0.1, -0.05) is 0 Å². The van der Waals surface area contributed by atoms with Gasteiger partial charge in [0.25, 0.3) is 0 Å². The van der Waals surface area contributed by atoms with Crippen LogP contribution in [0.5, 0.6) is 0 Å². The predicted molar refractivity (Wildman–Crippen MR) is 52.2 cm³/mol. The van der Waals surface area contributed by atoms with Gasteiger partial charge in [-0.25, -0.2) is 0 Å². The molecule has 1 nitrogen and oxygen atoms in total. The Kier molecular flexibility index (Phi) is 1.61. The molecule has 0 aromatic rings. The van der Waals surface area contributed by atoms with E-state index < -0.39 is 0 Å². The lowest BCUT2D eigenvalue weighted by Gasteiger charge is -2.60. The number of hydrogen-bond acceptors (Lipinski definition) is 1. The van der Waals surface area contributed by atoms with E-state index in [9.17, 15) is 0 Å². The van der Waals surface area contributed by atoms with E-state index in [0.29, 0.717) is 11.1 Å². The minimum Gasteiger partial charge on any atom is -0.293 e. The van der Waals surface area contributed by atoms with Crippen molar-refractivity contribution in [2.24, 2.45) is 5.92 Å². The molecular formula is C11H21N. The molecule has 70 valence electrons. The largest absolute Gasteiger partial charge is 0.293 e. The average Bonchev–Trinajstić information content (AvgIpc) is 1.80. The van der Waals surface area contributed by atoms with Gasteiger partial charge in [-0.15, -0.1) is 0 Å². The Morgan fingerprint density at radius 2 is 1.50 bits per heavy atom. The fraction of sp³-hybridized carbons (Fsp3) is 1.00. The third-order valence-corrected chi connectivity index (χ3v) is 3.80. The zero-order valence-corrected chi connectivity index (χ0v) is 8.85. The molecule has 3 saturated heterocycles. The summed E-state index contributed by atoms with van der Waals surface area (Å²) in [5, 5.41) is 0. The molecule has 0 spiro atoms. The van der Waals surface area contributed by atoms with E-state index in [1.165, 1.54) is 25.8 Å². The highest BCUT2D eigenvalue weighted by molar-refractivity contribution is 5.03. The fourth-order valence-electron chi connectivity index (χ4n) is 3.65. The topological polar surface area (TPSA) is 3.24 Å². The Balaban J connectivity index is 2.28. The molecular weight excluding hydrogens is 146 g/mol. The van der Waals surface area contributed by atoms with Gasteiger partial charge in [-0.3, -0.25) is 4.90 Å². The van der Waals surface area contributed by atoms with E-state index in [2.05, 4.69) is 32.6 Å². The standard InChI is InChI=1S/C11H21N/c1-10(2)7-9-5-6-12(10)11(3,4)8-9/h9H,5-8H2,1-4H3. The van der Waals surface area contributed by atoms with Gasteiger partial charge in [0.15, 0.2) is 0 Å². The van der Waals surface area contributed by atoms with Crippen LogP contribution in [0, 0.1) is 5.92 Å². The third-order valence-electron chi connectivity index (χ3n) is 3.80. The molecule has 0 aromatic carbocycles. The first-order valence-corrected chi connectivity index (χ1v) is 5.20. The van der Waals surface area contributed by atoms with E-state index in [1.807, 2.05) is 0 Å². The Labute approximate surface area is 76.1 Å². The van der Waals surface area contributed by atoms with Gasteiger partial charge in [0, 0.05) is 11.1 Å². The van der Waals surface area contributed by atoms with Crippen LogP contribution in [0.15, 0.2) is 0 Å². The molecule has 0 aromatic heterocycles. The van der Waals surface area contributed by atoms with Crippen LogP contribution in [0.4, 0.5) is 0 Å². The first kappa shape index (κ1) is 8.55. The SMILES string of the molecule is CC1(C)CC2CCN1C(C)(C)C2. The molecule has 1 heteroatoms. The molecule has 0 unspecified atom stereocenters. The molecule has 0 radical (unpaired) electrons. The lowest BCUT2D eigenvalue weighted by Crippen LogP contribution is -2.64. The first-order chi connectivity index (χ1) is 5.42. The first-order valence-electron chi connectivity index (χ1n) is 5.20. The summed E-state index contributed by atoms with van der Waals surface area (Å²) in [5.41, 5.74) is 0.926. The van der Waals surface area contributed by atoms with Gasteiger partial charge in [0.2, 0.25) is 0 Å². The second-order valence-corrected chi connectivity index (χ2v) is 5.84. The highest BCUT2D eigenvalue weighted by atomic mass is 15.3. The Bertz CT molecular complexity index is 175. The van der Waals surface area contributed by atoms with Gasteiger partial charge < -0.3 is 0 Å². The Morgan fingerprint density at radius 1 is 1.00 bits per heavy atom. The van der Waals surface area contributed by atoms with Crippen molar-refractivity contribution in [1.29, 1.82) is 0 Å². The van der Waals surface area contributed by atoms with E-state index in [4.69, 9.17) is 0 Å². The van der Waals surface area contributed by atoms with Crippen LogP contribution < -0.4 is 0 Å². The lowest BCUT2D eigenvalue weighted by molar-refractivity contribution is -0.0943. The molecule has 0 atom stereocenters. The van der Waals surface area contributed by atoms with E-state index >= 15 is 0 Å². The van der Waals surface area contributed by atoms with Crippen molar-refractivity contribution in [1.82, 2.24) is 4.90 Å². The fourth-order valence-corrected chi connectivity index (χ4v) is 3.65. The van der Waals surface area contributed by atoms with Crippen molar-refractivity contribution in [3.8, 4) is 0 Å². The molecule has 0 N–H and O–H groups in total. The number of rotatable bonds is 0. The van der Waals surface area contributed by atoms with Gasteiger partial charge >= 0.3 is 0 Å². The van der Waals surface area contributed by atoms with Crippen LogP contribution in [0.3, 0.4) is 0 Å². The molecule has 3 heterocycles. The minimum absolute atomic E-state index is 0.463. The van der Waals surface area contributed by atoms with Crippen LogP contribution in [0.1, 0.15) is 47.0 Å². The van der Waals surface area contributed by atoms with Crippen LogP contribution in [-0.2, 0) is 0 Å². The molecule has 3 rings (SSSR count). The lowest BCUT2D eigenvalue weighted by atomic mass is 9.68. The summed E-state index contributed by atoms with van der Waals surface area (Å²) in [6.07, 6.45) is 4.26. The predicted octanol–water partition coefficient (Wildman–Crippen LogP) is 2.66. The maximum absolute atomic E-state index is 2.71. The summed E-state index contributed by atoms with van der Waals surface area (Å²) in [6.45, 7) is 10.9. The maximum atomic E-state index is 2.71. The molecule has 12 heavy (non-hydrogen) atoms. The van der Waals surface area contributed by atoms with Crippen LogP contribution in [0.25, 0.3) is 0 Å². The summed E-state index contributed by atoms with van der Waals surface area (Å²) < 4.78 is 0. The summed E-state index contributed by atoms with van der Waals surface area (Å²) in [4.78, 5) is 2.71. The summed E-state index contributed by atoms with van der Waals surface area (Å²) in [6, 6.07) is 0. The van der Waals surface area contributed by atoms with Crippen LogP contribution >= 0.6 is 0 Å². The Morgan fingerprint density at radius 3 is 1.75 bits per heavy atom. The smallest absolute Gasteiger partial charge is 0.0161 e. The minimum atomic E-state index is 0.463. The summed E-state index contributed by atoms with van der Waals surface area (Å²) in [7, 11) is 0. The van der Waals surface area contributed by atoms with Crippen molar-refractivity contribution in [3.63, 3.8) is 0 Å². The Hall–Kier alpha value is -0.0400. The monoisotopic (exact) mass is 167 g/mol. The number of fused-ring (bicyclic) bond motifs is 3. The summed E-state index contributed by atoms with van der Waals surface area (Å²) >= 11 is 0. The zero-order valence-electron chi connectivity index (χ0n) is 8.85. The van der Waals surface area contributed by atoms with Crippen LogP contribution in [0.2, 0.25) is 0 Å². The van der Waals surface area contributed by atoms with Crippen molar-refractivity contribution in [3.05, 3.63) is 0 Å². The van der Waals surface area contributed by atoms with Crippen molar-refractivity contribution < 1.29 is 0 Å². The molecule has 2 bridgehead atoms. The average molecular weight is 167 g/mol. The van der Waals surface area contributed by atoms with E-state index in [1.54, 1.807) is 0 Å². The van der Waals surface area contributed by atoms with E-state index in [0.717, 1.165) is 5.92 Å². The summed E-state index contributed by atoms with van der Waals surface area (Å²) in [5.74, 6) is 1.000. The molecule has 0 aliphatic carbocycles. The van der Waals surface area contributed by atoms with Crippen LogP contribution in [-0.4, -0.2) is 22.5 Å². The molecule has 0 amide bonds. The second-order valence-electron chi connectivity index (χ2n) is 5.84. The number of nitrogens with zero attached hydrogens (tertiary/aromatic N) is 1. The second kappa shape index (κ2) is 2.25. The third kappa shape index (κ3) is 1.10. The highest BCUT2D eigenvalue weighted by Crippen LogP contribution is 2.46.